The van der Waals surface area contributed by atoms with Crippen molar-refractivity contribution in [1.29, 1.82) is 0 Å². The van der Waals surface area contributed by atoms with Gasteiger partial charge in [-0.3, -0.25) is 0 Å². The van der Waals surface area contributed by atoms with E-state index in [4.69, 9.17) is 14.2 Å². The number of ether oxygens (including phenoxy) is 3. The van der Waals surface area contributed by atoms with Crippen molar-refractivity contribution in [2.75, 3.05) is 20.3 Å². The average Bonchev–Trinajstić information content (AvgIpc) is 3.13. The van der Waals surface area contributed by atoms with Crippen LogP contribution in [0, 0.1) is 5.92 Å². The molecule has 6 nitrogen and oxygen atoms in total. The van der Waals surface area contributed by atoms with Crippen LogP contribution in [-0.4, -0.2) is 36.4 Å². The van der Waals surface area contributed by atoms with E-state index in [1.165, 1.54) is 11.8 Å². The molecule has 28 heavy (non-hydrogen) atoms. The highest BCUT2D eigenvalue weighted by Crippen LogP contribution is 2.43. The summed E-state index contributed by atoms with van der Waals surface area (Å²) in [4.78, 5) is 19.3. The quantitative estimate of drug-likeness (QED) is 0.626. The van der Waals surface area contributed by atoms with Crippen molar-refractivity contribution in [2.24, 2.45) is 10.9 Å². The predicted molar refractivity (Wildman–Crippen MR) is 111 cm³/mol. The van der Waals surface area contributed by atoms with Crippen LogP contribution >= 0.6 is 11.8 Å². The molecule has 2 heterocycles. The molecule has 7 heteroatoms. The molecule has 2 aliphatic rings. The molecule has 1 aromatic rings. The van der Waals surface area contributed by atoms with E-state index in [9.17, 15) is 4.79 Å². The molecule has 0 unspecified atom stereocenters. The lowest BCUT2D eigenvalue weighted by atomic mass is 9.94. The zero-order chi connectivity index (χ0) is 20.3. The van der Waals surface area contributed by atoms with Crippen LogP contribution in [-0.2, 0) is 9.53 Å². The number of allylic oxidation sites excluding steroid dienone is 1. The van der Waals surface area contributed by atoms with Crippen molar-refractivity contribution in [3.63, 3.8) is 0 Å². The molecule has 0 radical (unpaired) electrons. The second-order valence-corrected chi connectivity index (χ2v) is 7.81. The third kappa shape index (κ3) is 4.04. The molecular formula is C21H26N2O4S. The van der Waals surface area contributed by atoms with E-state index < -0.39 is 0 Å². The lowest BCUT2D eigenvalue weighted by Gasteiger charge is -2.33. The maximum atomic E-state index is 12.7. The van der Waals surface area contributed by atoms with Gasteiger partial charge in [0.05, 0.1) is 37.6 Å². The Hall–Kier alpha value is -2.41. The zero-order valence-electron chi connectivity index (χ0n) is 16.9. The van der Waals surface area contributed by atoms with Gasteiger partial charge in [-0.2, -0.15) is 0 Å². The van der Waals surface area contributed by atoms with Crippen LogP contribution in [0.25, 0.3) is 0 Å². The summed E-state index contributed by atoms with van der Waals surface area (Å²) in [5.74, 6) is 1.39. The first-order chi connectivity index (χ1) is 13.5. The summed E-state index contributed by atoms with van der Waals surface area (Å²) in [6, 6.07) is 5.46. The SMILES string of the molecule is CCOC(=O)C1=C(C)N=C2SC=CN2[C@@H]1c1ccc(OCC(C)C)c(OC)c1. The van der Waals surface area contributed by atoms with E-state index in [2.05, 4.69) is 18.8 Å². The fourth-order valence-corrected chi connectivity index (χ4v) is 3.92. The van der Waals surface area contributed by atoms with E-state index in [0.29, 0.717) is 41.9 Å². The molecule has 0 saturated heterocycles. The largest absolute Gasteiger partial charge is 0.493 e. The lowest BCUT2D eigenvalue weighted by Crippen LogP contribution is -2.34. The number of carbonyl (C=O) groups is 1. The van der Waals surface area contributed by atoms with Crippen LogP contribution in [0.1, 0.15) is 39.3 Å². The number of amidine groups is 1. The van der Waals surface area contributed by atoms with Gasteiger partial charge in [0, 0.05) is 6.20 Å². The van der Waals surface area contributed by atoms with Crippen molar-refractivity contribution in [1.82, 2.24) is 4.90 Å². The Labute approximate surface area is 170 Å². The average molecular weight is 403 g/mol. The Balaban J connectivity index is 2.02. The molecule has 0 fully saturated rings. The Morgan fingerprint density at radius 3 is 2.79 bits per heavy atom. The van der Waals surface area contributed by atoms with Gasteiger partial charge in [0.25, 0.3) is 0 Å². The summed E-state index contributed by atoms with van der Waals surface area (Å²) in [6.45, 7) is 8.76. The number of esters is 1. The second-order valence-electron chi connectivity index (χ2n) is 6.94. The molecule has 0 amide bonds. The first-order valence-electron chi connectivity index (χ1n) is 9.35. The van der Waals surface area contributed by atoms with Crippen LogP contribution < -0.4 is 9.47 Å². The first kappa shape index (κ1) is 20.3. The molecule has 1 aromatic carbocycles. The van der Waals surface area contributed by atoms with Crippen LogP contribution in [0.5, 0.6) is 11.5 Å². The van der Waals surface area contributed by atoms with E-state index in [-0.39, 0.29) is 12.0 Å². The van der Waals surface area contributed by atoms with Crippen LogP contribution in [0.2, 0.25) is 0 Å². The van der Waals surface area contributed by atoms with Crippen molar-refractivity contribution < 1.29 is 19.0 Å². The summed E-state index contributed by atoms with van der Waals surface area (Å²) < 4.78 is 16.7. The number of hydrogen-bond donors (Lipinski definition) is 0. The molecule has 0 aliphatic carbocycles. The fourth-order valence-electron chi connectivity index (χ4n) is 3.13. The number of aliphatic imine (C=N–C) groups is 1. The molecule has 0 aromatic heterocycles. The highest BCUT2D eigenvalue weighted by Gasteiger charge is 2.37. The number of carbonyl (C=O) groups excluding carboxylic acids is 1. The van der Waals surface area contributed by atoms with E-state index in [1.54, 1.807) is 14.0 Å². The Bertz CT molecular complexity index is 845. The standard InChI is InChI=1S/C21H26N2O4S/c1-6-26-20(24)18-14(4)22-21-23(9-10-28-21)19(18)15-7-8-16(17(11-15)25-5)27-12-13(2)3/h7-11,13,19H,6,12H2,1-5H3/t19-/m1/s1. The molecule has 0 N–H and O–H groups in total. The number of rotatable bonds is 7. The van der Waals surface area contributed by atoms with Crippen LogP contribution in [0.15, 0.2) is 46.1 Å². The molecule has 1 atom stereocenters. The smallest absolute Gasteiger partial charge is 0.338 e. The van der Waals surface area contributed by atoms with Gasteiger partial charge in [0.2, 0.25) is 0 Å². The minimum absolute atomic E-state index is 0.314. The number of thioether (sulfide) groups is 1. The van der Waals surface area contributed by atoms with Crippen molar-refractivity contribution in [3.8, 4) is 11.5 Å². The Morgan fingerprint density at radius 2 is 2.11 bits per heavy atom. The maximum Gasteiger partial charge on any atom is 0.338 e. The van der Waals surface area contributed by atoms with E-state index >= 15 is 0 Å². The summed E-state index contributed by atoms with van der Waals surface area (Å²) in [5, 5.41) is 2.81. The number of benzene rings is 1. The zero-order valence-corrected chi connectivity index (χ0v) is 17.7. The second kappa shape index (κ2) is 8.73. The summed E-state index contributed by atoms with van der Waals surface area (Å²) in [7, 11) is 1.62. The highest BCUT2D eigenvalue weighted by atomic mass is 32.2. The molecular weight excluding hydrogens is 376 g/mol. The molecule has 0 bridgehead atoms. The Morgan fingerprint density at radius 1 is 1.32 bits per heavy atom. The summed E-state index contributed by atoms with van der Waals surface area (Å²) >= 11 is 1.53. The van der Waals surface area contributed by atoms with Gasteiger partial charge in [-0.25, -0.2) is 9.79 Å². The number of nitrogens with zero attached hydrogens (tertiary/aromatic N) is 2. The fraction of sp³-hybridized carbons (Fsp3) is 0.429. The lowest BCUT2D eigenvalue weighted by molar-refractivity contribution is -0.139. The van der Waals surface area contributed by atoms with Crippen molar-refractivity contribution >= 4 is 22.9 Å². The van der Waals surface area contributed by atoms with E-state index in [1.807, 2.05) is 41.6 Å². The van der Waals surface area contributed by atoms with Gasteiger partial charge in [0.15, 0.2) is 16.7 Å². The van der Waals surface area contributed by atoms with Gasteiger partial charge in [-0.05, 0) is 42.9 Å². The van der Waals surface area contributed by atoms with Gasteiger partial charge < -0.3 is 19.1 Å². The maximum absolute atomic E-state index is 12.7. The van der Waals surface area contributed by atoms with Gasteiger partial charge in [-0.1, -0.05) is 31.7 Å². The normalized spacial score (nSPS) is 18.3. The third-order valence-electron chi connectivity index (χ3n) is 4.39. The van der Waals surface area contributed by atoms with Gasteiger partial charge in [0.1, 0.15) is 0 Å². The van der Waals surface area contributed by atoms with Crippen LogP contribution in [0.4, 0.5) is 0 Å². The molecule has 0 spiro atoms. The molecule has 2 aliphatic heterocycles. The third-order valence-corrected chi connectivity index (χ3v) is 5.16. The minimum Gasteiger partial charge on any atom is -0.493 e. The molecule has 150 valence electrons. The van der Waals surface area contributed by atoms with Gasteiger partial charge >= 0.3 is 5.97 Å². The summed E-state index contributed by atoms with van der Waals surface area (Å²) in [6.07, 6.45) is 1.94. The Kier molecular flexibility index (Phi) is 6.34. The number of fused-ring (bicyclic) bond motifs is 1. The van der Waals surface area contributed by atoms with Crippen LogP contribution in [0.3, 0.4) is 0 Å². The topological polar surface area (TPSA) is 60.4 Å². The van der Waals surface area contributed by atoms with Crippen molar-refractivity contribution in [2.45, 2.75) is 33.7 Å². The molecule has 3 rings (SSSR count). The first-order valence-corrected chi connectivity index (χ1v) is 10.2. The van der Waals surface area contributed by atoms with Gasteiger partial charge in [-0.15, -0.1) is 0 Å². The van der Waals surface area contributed by atoms with E-state index in [0.717, 1.165) is 10.7 Å². The minimum atomic E-state index is -0.350. The molecule has 0 saturated carbocycles. The summed E-state index contributed by atoms with van der Waals surface area (Å²) in [5.41, 5.74) is 2.12. The highest BCUT2D eigenvalue weighted by molar-refractivity contribution is 8.16. The van der Waals surface area contributed by atoms with Crippen molar-refractivity contribution in [3.05, 3.63) is 46.6 Å². The monoisotopic (exact) mass is 402 g/mol. The predicted octanol–water partition coefficient (Wildman–Crippen LogP) is 4.50. The number of hydrogen-bond acceptors (Lipinski definition) is 7. The number of methoxy groups -OCH3 is 1.